The highest BCUT2D eigenvalue weighted by molar-refractivity contribution is 9.10. The summed E-state index contributed by atoms with van der Waals surface area (Å²) in [5.74, 6) is 0.188. The van der Waals surface area contributed by atoms with Gasteiger partial charge in [-0.15, -0.1) is 0 Å². The molecule has 0 aliphatic carbocycles. The largest absolute Gasteiger partial charge is 0.381 e. The van der Waals surface area contributed by atoms with Gasteiger partial charge in [-0.1, -0.05) is 22.0 Å². The minimum Gasteiger partial charge on any atom is -0.381 e. The van der Waals surface area contributed by atoms with E-state index in [-0.39, 0.29) is 11.8 Å². The van der Waals surface area contributed by atoms with Crippen LogP contribution in [0, 0.1) is 12.8 Å². The van der Waals surface area contributed by atoms with Gasteiger partial charge >= 0.3 is 0 Å². The van der Waals surface area contributed by atoms with Crippen LogP contribution < -0.4 is 5.32 Å². The van der Waals surface area contributed by atoms with Gasteiger partial charge in [-0.25, -0.2) is 0 Å². The lowest BCUT2D eigenvalue weighted by atomic mass is 9.99. The number of rotatable bonds is 2. The number of aryl methyl sites for hydroxylation is 1. The Labute approximate surface area is 110 Å². The third-order valence-electron chi connectivity index (χ3n) is 3.03. The topological polar surface area (TPSA) is 38.3 Å². The van der Waals surface area contributed by atoms with E-state index in [4.69, 9.17) is 4.74 Å². The van der Waals surface area contributed by atoms with E-state index in [2.05, 4.69) is 21.2 Å². The molecule has 0 unspecified atom stereocenters. The predicted molar refractivity (Wildman–Crippen MR) is 71.1 cm³/mol. The van der Waals surface area contributed by atoms with Crippen LogP contribution in [-0.2, 0) is 9.53 Å². The molecule has 1 amide bonds. The fraction of sp³-hybridized carbons (Fsp3) is 0.462. The van der Waals surface area contributed by atoms with Gasteiger partial charge < -0.3 is 10.1 Å². The number of hydrogen-bond donors (Lipinski definition) is 1. The van der Waals surface area contributed by atoms with E-state index >= 15 is 0 Å². The third-order valence-corrected chi connectivity index (χ3v) is 3.89. The molecule has 0 saturated carbocycles. The Hall–Kier alpha value is -0.870. The summed E-state index contributed by atoms with van der Waals surface area (Å²) in [6.45, 7) is 3.40. The second kappa shape index (κ2) is 5.65. The van der Waals surface area contributed by atoms with E-state index in [0.717, 1.165) is 28.6 Å². The zero-order valence-electron chi connectivity index (χ0n) is 9.83. The third kappa shape index (κ3) is 3.30. The Morgan fingerprint density at radius 2 is 2.12 bits per heavy atom. The molecule has 1 heterocycles. The number of benzene rings is 1. The van der Waals surface area contributed by atoms with Crippen molar-refractivity contribution in [2.24, 2.45) is 5.92 Å². The summed E-state index contributed by atoms with van der Waals surface area (Å²) >= 11 is 3.46. The zero-order chi connectivity index (χ0) is 12.3. The Morgan fingerprint density at radius 1 is 1.41 bits per heavy atom. The molecule has 1 aliphatic rings. The van der Waals surface area contributed by atoms with Crippen LogP contribution in [0.15, 0.2) is 22.7 Å². The molecule has 0 spiro atoms. The number of amides is 1. The molecule has 3 nitrogen and oxygen atoms in total. The molecule has 1 N–H and O–H groups in total. The molecule has 4 heteroatoms. The van der Waals surface area contributed by atoms with Gasteiger partial charge in [0.15, 0.2) is 0 Å². The number of nitrogens with one attached hydrogen (secondary N) is 1. The van der Waals surface area contributed by atoms with E-state index in [1.54, 1.807) is 0 Å². The fourth-order valence-electron chi connectivity index (χ4n) is 1.87. The smallest absolute Gasteiger partial charge is 0.227 e. The maximum absolute atomic E-state index is 12.0. The average Bonchev–Trinajstić information content (AvgIpc) is 2.35. The van der Waals surface area contributed by atoms with Crippen LogP contribution in [0.1, 0.15) is 18.4 Å². The van der Waals surface area contributed by atoms with E-state index in [1.165, 1.54) is 0 Å². The molecule has 0 radical (unpaired) electrons. The maximum atomic E-state index is 12.0. The lowest BCUT2D eigenvalue weighted by Gasteiger charge is -2.21. The quantitative estimate of drug-likeness (QED) is 0.911. The molecular formula is C13H16BrNO2. The first kappa shape index (κ1) is 12.6. The first-order chi connectivity index (χ1) is 8.16. The van der Waals surface area contributed by atoms with Crippen LogP contribution >= 0.6 is 15.9 Å². The summed E-state index contributed by atoms with van der Waals surface area (Å²) in [6.07, 6.45) is 1.64. The second-order valence-electron chi connectivity index (χ2n) is 4.34. The molecule has 92 valence electrons. The van der Waals surface area contributed by atoms with E-state index in [9.17, 15) is 4.79 Å². The Kier molecular flexibility index (Phi) is 4.18. The van der Waals surface area contributed by atoms with Crippen LogP contribution in [0.3, 0.4) is 0 Å². The van der Waals surface area contributed by atoms with Crippen LogP contribution in [0.2, 0.25) is 0 Å². The number of anilines is 1. The van der Waals surface area contributed by atoms with Gasteiger partial charge in [-0.3, -0.25) is 4.79 Å². The second-order valence-corrected chi connectivity index (χ2v) is 5.19. The van der Waals surface area contributed by atoms with Crippen molar-refractivity contribution in [2.45, 2.75) is 19.8 Å². The maximum Gasteiger partial charge on any atom is 0.227 e. The summed E-state index contributed by atoms with van der Waals surface area (Å²) < 4.78 is 6.26. The van der Waals surface area contributed by atoms with Gasteiger partial charge in [0, 0.05) is 29.3 Å². The minimum atomic E-state index is 0.0869. The van der Waals surface area contributed by atoms with Crippen molar-refractivity contribution < 1.29 is 9.53 Å². The number of ether oxygens (including phenoxy) is 1. The molecule has 0 aromatic heterocycles. The van der Waals surface area contributed by atoms with E-state index in [1.807, 2.05) is 25.1 Å². The van der Waals surface area contributed by atoms with Crippen LogP contribution in [0.4, 0.5) is 5.69 Å². The molecule has 1 aromatic rings. The van der Waals surface area contributed by atoms with E-state index in [0.29, 0.717) is 13.2 Å². The first-order valence-electron chi connectivity index (χ1n) is 5.81. The lowest BCUT2D eigenvalue weighted by Crippen LogP contribution is -2.28. The SMILES string of the molecule is Cc1ccc(NC(=O)C2CCOCC2)cc1Br. The molecule has 1 saturated heterocycles. The standard InChI is InChI=1S/C13H16BrNO2/c1-9-2-3-11(8-12(9)14)15-13(16)10-4-6-17-7-5-10/h2-3,8,10H,4-7H2,1H3,(H,15,16). The van der Waals surface area contributed by atoms with Gasteiger partial charge in [0.05, 0.1) is 0 Å². The highest BCUT2D eigenvalue weighted by atomic mass is 79.9. The molecule has 1 aliphatic heterocycles. The minimum absolute atomic E-state index is 0.0869. The Morgan fingerprint density at radius 3 is 2.76 bits per heavy atom. The normalized spacial score (nSPS) is 16.8. The molecular weight excluding hydrogens is 282 g/mol. The van der Waals surface area contributed by atoms with Crippen LogP contribution in [-0.4, -0.2) is 19.1 Å². The van der Waals surface area contributed by atoms with Gasteiger partial charge in [0.25, 0.3) is 0 Å². The summed E-state index contributed by atoms with van der Waals surface area (Å²) in [7, 11) is 0. The summed E-state index contributed by atoms with van der Waals surface area (Å²) in [6, 6.07) is 5.85. The first-order valence-corrected chi connectivity index (χ1v) is 6.61. The highest BCUT2D eigenvalue weighted by Gasteiger charge is 2.21. The monoisotopic (exact) mass is 297 g/mol. The Bertz CT molecular complexity index is 414. The van der Waals surface area contributed by atoms with Crippen molar-refractivity contribution >= 4 is 27.5 Å². The molecule has 1 aromatic carbocycles. The lowest BCUT2D eigenvalue weighted by molar-refractivity contribution is -0.122. The van der Waals surface area contributed by atoms with Gasteiger partial charge in [0.2, 0.25) is 5.91 Å². The Balaban J connectivity index is 1.99. The molecule has 0 atom stereocenters. The number of carbonyl (C=O) groups is 1. The molecule has 1 fully saturated rings. The van der Waals surface area contributed by atoms with Crippen molar-refractivity contribution in [1.82, 2.24) is 0 Å². The summed E-state index contributed by atoms with van der Waals surface area (Å²) in [5.41, 5.74) is 2.01. The predicted octanol–water partition coefficient (Wildman–Crippen LogP) is 3.12. The summed E-state index contributed by atoms with van der Waals surface area (Å²) in [5, 5.41) is 2.96. The van der Waals surface area contributed by atoms with Gasteiger partial charge in [-0.05, 0) is 37.5 Å². The van der Waals surface area contributed by atoms with Crippen molar-refractivity contribution in [2.75, 3.05) is 18.5 Å². The summed E-state index contributed by atoms with van der Waals surface area (Å²) in [4.78, 5) is 12.0. The fourth-order valence-corrected chi connectivity index (χ4v) is 2.25. The van der Waals surface area contributed by atoms with Gasteiger partial charge in [-0.2, -0.15) is 0 Å². The molecule has 17 heavy (non-hydrogen) atoms. The van der Waals surface area contributed by atoms with Crippen LogP contribution in [0.5, 0.6) is 0 Å². The zero-order valence-corrected chi connectivity index (χ0v) is 11.4. The van der Waals surface area contributed by atoms with Crippen molar-refractivity contribution in [3.63, 3.8) is 0 Å². The van der Waals surface area contributed by atoms with Crippen molar-refractivity contribution in [3.05, 3.63) is 28.2 Å². The average molecular weight is 298 g/mol. The van der Waals surface area contributed by atoms with Crippen LogP contribution in [0.25, 0.3) is 0 Å². The van der Waals surface area contributed by atoms with Crippen molar-refractivity contribution in [1.29, 1.82) is 0 Å². The molecule has 2 rings (SSSR count). The van der Waals surface area contributed by atoms with Gasteiger partial charge in [0.1, 0.15) is 0 Å². The van der Waals surface area contributed by atoms with E-state index < -0.39 is 0 Å². The highest BCUT2D eigenvalue weighted by Crippen LogP contribution is 2.22. The number of carbonyl (C=O) groups excluding carboxylic acids is 1. The number of halogens is 1. The number of hydrogen-bond acceptors (Lipinski definition) is 2. The molecule has 0 bridgehead atoms. The van der Waals surface area contributed by atoms with Crippen molar-refractivity contribution in [3.8, 4) is 0 Å².